The van der Waals surface area contributed by atoms with Crippen molar-refractivity contribution in [1.82, 2.24) is 5.32 Å². The number of anilines is 1. The second-order valence-electron chi connectivity index (χ2n) is 4.51. The Morgan fingerprint density at radius 3 is 2.48 bits per heavy atom. The molecule has 0 aliphatic rings. The Kier molecular flexibility index (Phi) is 6.68. The van der Waals surface area contributed by atoms with E-state index in [0.717, 1.165) is 6.42 Å². The Balaban J connectivity index is 2.89. The Bertz CT molecular complexity index is 502. The summed E-state index contributed by atoms with van der Waals surface area (Å²) in [6, 6.07) is 4.51. The summed E-state index contributed by atoms with van der Waals surface area (Å²) in [4.78, 5) is 24.1. The molecule has 1 amide bonds. The molecule has 0 aromatic heterocycles. The van der Waals surface area contributed by atoms with Crippen LogP contribution in [0.25, 0.3) is 0 Å². The molecule has 1 rings (SSSR count). The monoisotopic (exact) mass is 294 g/mol. The number of benzene rings is 1. The number of nitrogens with one attached hydrogen (secondary N) is 2. The maximum absolute atomic E-state index is 12.1. The number of hydrogen-bond donors (Lipinski definition) is 2. The zero-order valence-electron chi connectivity index (χ0n) is 12.9. The van der Waals surface area contributed by atoms with Crippen molar-refractivity contribution in [3.8, 4) is 11.5 Å². The highest BCUT2D eigenvalue weighted by molar-refractivity contribution is 6.42. The van der Waals surface area contributed by atoms with Gasteiger partial charge in [0.2, 0.25) is 5.78 Å². The van der Waals surface area contributed by atoms with E-state index in [1.807, 2.05) is 6.92 Å². The summed E-state index contributed by atoms with van der Waals surface area (Å²) in [5.41, 5.74) is 0.404. The van der Waals surface area contributed by atoms with E-state index < -0.39 is 17.7 Å². The van der Waals surface area contributed by atoms with Crippen LogP contribution in [0.1, 0.15) is 19.8 Å². The minimum atomic E-state index is -0.672. The molecule has 6 heteroatoms. The first kappa shape index (κ1) is 17.0. The zero-order valence-corrected chi connectivity index (χ0v) is 12.9. The summed E-state index contributed by atoms with van der Waals surface area (Å²) in [7, 11) is 4.68. The van der Waals surface area contributed by atoms with Crippen molar-refractivity contribution in [3.05, 3.63) is 18.2 Å². The second-order valence-corrected chi connectivity index (χ2v) is 4.51. The van der Waals surface area contributed by atoms with Gasteiger partial charge in [-0.3, -0.25) is 9.59 Å². The van der Waals surface area contributed by atoms with E-state index in [0.29, 0.717) is 23.6 Å². The quantitative estimate of drug-likeness (QED) is 0.712. The van der Waals surface area contributed by atoms with Gasteiger partial charge >= 0.3 is 0 Å². The number of rotatable bonds is 8. The summed E-state index contributed by atoms with van der Waals surface area (Å²) in [5, 5.41) is 5.43. The average Bonchev–Trinajstić information content (AvgIpc) is 2.51. The fourth-order valence-corrected chi connectivity index (χ4v) is 1.95. The van der Waals surface area contributed by atoms with Gasteiger partial charge in [0, 0.05) is 6.07 Å². The lowest BCUT2D eigenvalue weighted by Gasteiger charge is -2.15. The Labute approximate surface area is 124 Å². The number of amides is 1. The van der Waals surface area contributed by atoms with Gasteiger partial charge in [0.15, 0.2) is 0 Å². The van der Waals surface area contributed by atoms with Crippen molar-refractivity contribution < 1.29 is 19.1 Å². The molecule has 0 radical (unpaired) electrons. The first-order valence-electron chi connectivity index (χ1n) is 6.81. The number of likely N-dealkylation sites (N-methyl/N-ethyl adjacent to an activating group) is 1. The van der Waals surface area contributed by atoms with Gasteiger partial charge in [0.25, 0.3) is 5.91 Å². The molecule has 116 valence electrons. The molecule has 1 atom stereocenters. The number of Topliss-reactive ketones (excluding diaryl/α,β-unsaturated/α-hetero) is 1. The number of ketones is 1. The Hall–Kier alpha value is -2.08. The van der Waals surface area contributed by atoms with E-state index in [4.69, 9.17) is 9.47 Å². The van der Waals surface area contributed by atoms with Crippen molar-refractivity contribution >= 4 is 17.4 Å². The van der Waals surface area contributed by atoms with Crippen LogP contribution in [-0.2, 0) is 9.59 Å². The van der Waals surface area contributed by atoms with Gasteiger partial charge in [-0.1, -0.05) is 13.3 Å². The summed E-state index contributed by atoms with van der Waals surface area (Å²) in [6.07, 6.45) is 1.42. The molecule has 1 aromatic carbocycles. The van der Waals surface area contributed by atoms with E-state index in [9.17, 15) is 9.59 Å². The van der Waals surface area contributed by atoms with E-state index in [2.05, 4.69) is 10.6 Å². The number of methoxy groups -OCH3 is 2. The van der Waals surface area contributed by atoms with Crippen LogP contribution in [0, 0.1) is 0 Å². The molecule has 0 saturated heterocycles. The zero-order chi connectivity index (χ0) is 15.8. The van der Waals surface area contributed by atoms with Gasteiger partial charge in [-0.15, -0.1) is 0 Å². The highest BCUT2D eigenvalue weighted by Gasteiger charge is 2.24. The normalized spacial score (nSPS) is 11.6. The molecule has 0 spiro atoms. The number of carbonyl (C=O) groups excluding carboxylic acids is 2. The molecule has 1 unspecified atom stereocenters. The summed E-state index contributed by atoms with van der Waals surface area (Å²) < 4.78 is 10.3. The standard InChI is InChI=1S/C15H22N2O4/c1-5-6-11(16-2)14(18)15(19)17-12-9-10(20-3)7-8-13(12)21-4/h7-9,11,16H,5-6H2,1-4H3,(H,17,19). The van der Waals surface area contributed by atoms with Crippen LogP contribution in [0.4, 0.5) is 5.69 Å². The maximum Gasteiger partial charge on any atom is 0.293 e. The third-order valence-electron chi connectivity index (χ3n) is 3.12. The average molecular weight is 294 g/mol. The van der Waals surface area contributed by atoms with Crippen LogP contribution in [-0.4, -0.2) is 39.0 Å². The Morgan fingerprint density at radius 2 is 1.95 bits per heavy atom. The first-order chi connectivity index (χ1) is 10.1. The maximum atomic E-state index is 12.1. The van der Waals surface area contributed by atoms with Crippen LogP contribution in [0.15, 0.2) is 18.2 Å². The van der Waals surface area contributed by atoms with Crippen LogP contribution in [0.2, 0.25) is 0 Å². The van der Waals surface area contributed by atoms with Crippen molar-refractivity contribution in [2.75, 3.05) is 26.6 Å². The highest BCUT2D eigenvalue weighted by Crippen LogP contribution is 2.28. The smallest absolute Gasteiger partial charge is 0.293 e. The summed E-state index contributed by atoms with van der Waals surface area (Å²) in [5.74, 6) is -0.135. The SMILES string of the molecule is CCCC(NC)C(=O)C(=O)Nc1cc(OC)ccc1OC. The molecular weight excluding hydrogens is 272 g/mol. The van der Waals surface area contributed by atoms with Crippen LogP contribution >= 0.6 is 0 Å². The topological polar surface area (TPSA) is 76.7 Å². The summed E-state index contributed by atoms with van der Waals surface area (Å²) in [6.45, 7) is 1.96. The predicted molar refractivity (Wildman–Crippen MR) is 80.9 cm³/mol. The molecule has 0 aliphatic heterocycles. The van der Waals surface area contributed by atoms with Gasteiger partial charge in [-0.25, -0.2) is 0 Å². The van der Waals surface area contributed by atoms with E-state index in [1.165, 1.54) is 14.2 Å². The predicted octanol–water partition coefficient (Wildman–Crippen LogP) is 1.60. The molecule has 2 N–H and O–H groups in total. The fourth-order valence-electron chi connectivity index (χ4n) is 1.95. The third kappa shape index (κ3) is 4.46. The van der Waals surface area contributed by atoms with Crippen LogP contribution in [0.5, 0.6) is 11.5 Å². The van der Waals surface area contributed by atoms with Crippen LogP contribution < -0.4 is 20.1 Å². The molecule has 0 aliphatic carbocycles. The van der Waals surface area contributed by atoms with E-state index in [-0.39, 0.29) is 0 Å². The lowest BCUT2D eigenvalue weighted by Crippen LogP contribution is -2.41. The van der Waals surface area contributed by atoms with Gasteiger partial charge in [0.05, 0.1) is 25.9 Å². The minimum Gasteiger partial charge on any atom is -0.497 e. The lowest BCUT2D eigenvalue weighted by molar-refractivity contribution is -0.136. The Morgan fingerprint density at radius 1 is 1.24 bits per heavy atom. The lowest BCUT2D eigenvalue weighted by atomic mass is 10.1. The molecule has 0 saturated carbocycles. The number of hydrogen-bond acceptors (Lipinski definition) is 5. The number of carbonyl (C=O) groups is 2. The van der Waals surface area contributed by atoms with Gasteiger partial charge in [-0.2, -0.15) is 0 Å². The van der Waals surface area contributed by atoms with Crippen molar-refractivity contribution in [2.24, 2.45) is 0 Å². The fraction of sp³-hybridized carbons (Fsp3) is 0.467. The van der Waals surface area contributed by atoms with Crippen LogP contribution in [0.3, 0.4) is 0 Å². The molecule has 0 heterocycles. The molecule has 1 aromatic rings. The molecule has 21 heavy (non-hydrogen) atoms. The van der Waals surface area contributed by atoms with Crippen molar-refractivity contribution in [1.29, 1.82) is 0 Å². The largest absolute Gasteiger partial charge is 0.497 e. The highest BCUT2D eigenvalue weighted by atomic mass is 16.5. The third-order valence-corrected chi connectivity index (χ3v) is 3.12. The molecule has 0 fully saturated rings. The molecular formula is C15H22N2O4. The van der Waals surface area contributed by atoms with E-state index in [1.54, 1.807) is 25.2 Å². The number of ether oxygens (including phenoxy) is 2. The minimum absolute atomic E-state index is 0.404. The second kappa shape index (κ2) is 8.26. The first-order valence-corrected chi connectivity index (χ1v) is 6.81. The van der Waals surface area contributed by atoms with E-state index >= 15 is 0 Å². The molecule has 6 nitrogen and oxygen atoms in total. The summed E-state index contributed by atoms with van der Waals surface area (Å²) >= 11 is 0. The van der Waals surface area contributed by atoms with Crippen molar-refractivity contribution in [2.45, 2.75) is 25.8 Å². The van der Waals surface area contributed by atoms with Gasteiger partial charge in [-0.05, 0) is 25.6 Å². The van der Waals surface area contributed by atoms with Gasteiger partial charge < -0.3 is 20.1 Å². The van der Waals surface area contributed by atoms with Crippen molar-refractivity contribution in [3.63, 3.8) is 0 Å². The molecule has 0 bridgehead atoms. The van der Waals surface area contributed by atoms with Gasteiger partial charge in [0.1, 0.15) is 11.5 Å².